The maximum Gasteiger partial charge on any atom is 0.253 e. The van der Waals surface area contributed by atoms with Crippen molar-refractivity contribution in [2.75, 3.05) is 31.5 Å². The Balaban J connectivity index is 1.41. The number of amides is 2. The zero-order chi connectivity index (χ0) is 21.8. The first-order chi connectivity index (χ1) is 15.0. The number of piperazine rings is 1. The van der Waals surface area contributed by atoms with Crippen LogP contribution in [0.15, 0.2) is 60.8 Å². The second-order valence-electron chi connectivity index (χ2n) is 7.27. The van der Waals surface area contributed by atoms with Crippen molar-refractivity contribution in [3.63, 3.8) is 0 Å². The van der Waals surface area contributed by atoms with E-state index in [4.69, 9.17) is 11.6 Å². The number of nitrogens with one attached hydrogen (secondary N) is 1. The molecule has 31 heavy (non-hydrogen) atoms. The Morgan fingerprint density at radius 2 is 1.55 bits per heavy atom. The fraction of sp³-hybridized carbons (Fsp3) is 0.217. The van der Waals surface area contributed by atoms with Crippen LogP contribution in [0, 0.1) is 0 Å². The molecule has 0 unspecified atom stereocenters. The van der Waals surface area contributed by atoms with Crippen LogP contribution in [0.2, 0.25) is 5.02 Å². The summed E-state index contributed by atoms with van der Waals surface area (Å²) in [4.78, 5) is 36.5. The highest BCUT2D eigenvalue weighted by molar-refractivity contribution is 6.30. The van der Waals surface area contributed by atoms with Gasteiger partial charge in [0.1, 0.15) is 0 Å². The van der Waals surface area contributed by atoms with Crippen LogP contribution in [0.3, 0.4) is 0 Å². The fourth-order valence-corrected chi connectivity index (χ4v) is 3.56. The van der Waals surface area contributed by atoms with Gasteiger partial charge in [0.05, 0.1) is 5.69 Å². The number of halogens is 1. The molecule has 2 heterocycles. The summed E-state index contributed by atoms with van der Waals surface area (Å²) >= 11 is 5.95. The van der Waals surface area contributed by atoms with Crippen LogP contribution < -0.4 is 5.32 Å². The van der Waals surface area contributed by atoms with Crippen molar-refractivity contribution in [1.82, 2.24) is 19.8 Å². The van der Waals surface area contributed by atoms with E-state index in [0.29, 0.717) is 42.7 Å². The maximum atomic E-state index is 12.7. The molecule has 3 aromatic rings. The van der Waals surface area contributed by atoms with E-state index >= 15 is 0 Å². The van der Waals surface area contributed by atoms with Gasteiger partial charge >= 0.3 is 0 Å². The third kappa shape index (κ3) is 5.00. The molecule has 1 aliphatic rings. The Labute approximate surface area is 185 Å². The molecule has 0 spiro atoms. The van der Waals surface area contributed by atoms with Crippen LogP contribution in [-0.4, -0.2) is 57.8 Å². The Bertz CT molecular complexity index is 1080. The van der Waals surface area contributed by atoms with E-state index in [1.54, 1.807) is 35.1 Å². The fourth-order valence-electron chi connectivity index (χ4n) is 3.43. The van der Waals surface area contributed by atoms with E-state index in [9.17, 15) is 9.59 Å². The minimum atomic E-state index is -0.0317. The molecule has 2 aromatic carbocycles. The number of hydrogen-bond acceptors (Lipinski definition) is 5. The van der Waals surface area contributed by atoms with Crippen LogP contribution in [0.1, 0.15) is 17.3 Å². The van der Waals surface area contributed by atoms with Crippen LogP contribution >= 0.6 is 11.6 Å². The molecular weight excluding hydrogens is 414 g/mol. The molecule has 158 valence electrons. The molecular formula is C23H22ClN5O2. The molecule has 1 aliphatic heterocycles. The number of aromatic nitrogens is 2. The summed E-state index contributed by atoms with van der Waals surface area (Å²) in [5, 5.41) is 3.84. The van der Waals surface area contributed by atoms with Crippen LogP contribution in [0.5, 0.6) is 0 Å². The van der Waals surface area contributed by atoms with E-state index in [1.807, 2.05) is 42.5 Å². The molecule has 7 nitrogen and oxygen atoms in total. The number of anilines is 2. The third-order valence-electron chi connectivity index (χ3n) is 5.20. The first-order valence-electron chi connectivity index (χ1n) is 10.0. The van der Waals surface area contributed by atoms with Crippen molar-refractivity contribution >= 4 is 35.1 Å². The van der Waals surface area contributed by atoms with Crippen LogP contribution in [-0.2, 0) is 4.79 Å². The minimum Gasteiger partial charge on any atom is -0.339 e. The molecule has 1 N–H and O–H groups in total. The lowest BCUT2D eigenvalue weighted by atomic mass is 10.1. The normalized spacial score (nSPS) is 13.7. The summed E-state index contributed by atoms with van der Waals surface area (Å²) in [5.41, 5.74) is 3.12. The summed E-state index contributed by atoms with van der Waals surface area (Å²) in [5.74, 6) is 0.479. The quantitative estimate of drug-likeness (QED) is 0.673. The van der Waals surface area contributed by atoms with E-state index in [0.717, 1.165) is 16.9 Å². The van der Waals surface area contributed by atoms with Gasteiger partial charge < -0.3 is 15.1 Å². The van der Waals surface area contributed by atoms with E-state index in [-0.39, 0.29) is 11.8 Å². The highest BCUT2D eigenvalue weighted by Crippen LogP contribution is 2.22. The van der Waals surface area contributed by atoms with Crippen molar-refractivity contribution < 1.29 is 9.59 Å². The van der Waals surface area contributed by atoms with Gasteiger partial charge in [0.15, 0.2) is 0 Å². The first kappa shape index (κ1) is 20.8. The zero-order valence-corrected chi connectivity index (χ0v) is 17.8. The largest absolute Gasteiger partial charge is 0.339 e. The standard InChI is InChI=1S/C23H22ClN5O2/c1-16(30)28-12-14-29(15-13-28)22(31)18-4-8-20(9-5-18)26-23-25-11-10-21(27-23)17-2-6-19(24)7-3-17/h2-11H,12-15H2,1H3,(H,25,26,27). The van der Waals surface area contributed by atoms with Crippen LogP contribution in [0.4, 0.5) is 11.6 Å². The molecule has 4 rings (SSSR count). The number of nitrogens with zero attached hydrogens (tertiary/aromatic N) is 4. The Hall–Kier alpha value is -3.45. The van der Waals surface area contributed by atoms with Crippen molar-refractivity contribution in [3.05, 3.63) is 71.4 Å². The first-order valence-corrected chi connectivity index (χ1v) is 10.4. The van der Waals surface area contributed by atoms with Gasteiger partial charge in [-0.2, -0.15) is 0 Å². The third-order valence-corrected chi connectivity index (χ3v) is 5.45. The lowest BCUT2D eigenvalue weighted by Crippen LogP contribution is -2.50. The highest BCUT2D eigenvalue weighted by Gasteiger charge is 2.23. The number of carbonyl (C=O) groups is 2. The van der Waals surface area contributed by atoms with Crippen molar-refractivity contribution in [2.24, 2.45) is 0 Å². The summed E-state index contributed by atoms with van der Waals surface area (Å²) in [6, 6.07) is 16.5. The predicted molar refractivity (Wildman–Crippen MR) is 120 cm³/mol. The van der Waals surface area contributed by atoms with Gasteiger partial charge in [-0.1, -0.05) is 23.7 Å². The van der Waals surface area contributed by atoms with Gasteiger partial charge in [-0.05, 0) is 42.5 Å². The zero-order valence-electron chi connectivity index (χ0n) is 17.1. The Morgan fingerprint density at radius 1 is 0.903 bits per heavy atom. The van der Waals surface area contributed by atoms with Gasteiger partial charge in [0, 0.05) is 61.1 Å². The van der Waals surface area contributed by atoms with E-state index in [2.05, 4.69) is 15.3 Å². The Kier molecular flexibility index (Phi) is 6.13. The average molecular weight is 436 g/mol. The summed E-state index contributed by atoms with van der Waals surface area (Å²) in [6.07, 6.45) is 1.69. The van der Waals surface area contributed by atoms with Crippen molar-refractivity contribution in [2.45, 2.75) is 6.92 Å². The van der Waals surface area contributed by atoms with Crippen molar-refractivity contribution in [3.8, 4) is 11.3 Å². The molecule has 0 bridgehead atoms. The molecule has 0 aliphatic carbocycles. The molecule has 0 saturated carbocycles. The minimum absolute atomic E-state index is 0.0317. The summed E-state index contributed by atoms with van der Waals surface area (Å²) in [6.45, 7) is 3.79. The smallest absolute Gasteiger partial charge is 0.253 e. The number of carbonyl (C=O) groups excluding carboxylic acids is 2. The van der Waals surface area contributed by atoms with Gasteiger partial charge in [0.2, 0.25) is 11.9 Å². The molecule has 1 aromatic heterocycles. The molecule has 2 amide bonds. The lowest BCUT2D eigenvalue weighted by molar-refractivity contribution is -0.130. The topological polar surface area (TPSA) is 78.4 Å². The second kappa shape index (κ2) is 9.14. The molecule has 0 atom stereocenters. The second-order valence-corrected chi connectivity index (χ2v) is 7.71. The SMILES string of the molecule is CC(=O)N1CCN(C(=O)c2ccc(Nc3nccc(-c4ccc(Cl)cc4)n3)cc2)CC1. The van der Waals surface area contributed by atoms with Crippen molar-refractivity contribution in [1.29, 1.82) is 0 Å². The lowest BCUT2D eigenvalue weighted by Gasteiger charge is -2.34. The van der Waals surface area contributed by atoms with E-state index in [1.165, 1.54) is 0 Å². The number of hydrogen-bond donors (Lipinski definition) is 1. The molecule has 0 radical (unpaired) electrons. The predicted octanol–water partition coefficient (Wildman–Crippen LogP) is 3.84. The summed E-state index contributed by atoms with van der Waals surface area (Å²) < 4.78 is 0. The highest BCUT2D eigenvalue weighted by atomic mass is 35.5. The molecule has 1 fully saturated rings. The van der Waals surface area contributed by atoms with Gasteiger partial charge in [-0.3, -0.25) is 9.59 Å². The number of benzene rings is 2. The van der Waals surface area contributed by atoms with Gasteiger partial charge in [0.25, 0.3) is 5.91 Å². The summed E-state index contributed by atoms with van der Waals surface area (Å²) in [7, 11) is 0. The van der Waals surface area contributed by atoms with E-state index < -0.39 is 0 Å². The monoisotopic (exact) mass is 435 g/mol. The average Bonchev–Trinajstić information content (AvgIpc) is 2.80. The number of rotatable bonds is 4. The van der Waals surface area contributed by atoms with Gasteiger partial charge in [-0.25, -0.2) is 9.97 Å². The Morgan fingerprint density at radius 3 is 2.19 bits per heavy atom. The van der Waals surface area contributed by atoms with Gasteiger partial charge in [-0.15, -0.1) is 0 Å². The maximum absolute atomic E-state index is 12.7. The molecule has 8 heteroatoms. The van der Waals surface area contributed by atoms with Crippen LogP contribution in [0.25, 0.3) is 11.3 Å². The molecule has 1 saturated heterocycles.